The van der Waals surface area contributed by atoms with Crippen LogP contribution >= 0.6 is 0 Å². The second-order valence-electron chi connectivity index (χ2n) is 5.86. The Morgan fingerprint density at radius 2 is 1.92 bits per heavy atom. The predicted octanol–water partition coefficient (Wildman–Crippen LogP) is 2.80. The first-order chi connectivity index (χ1) is 12.2. The van der Waals surface area contributed by atoms with E-state index in [2.05, 4.69) is 34.6 Å². The summed E-state index contributed by atoms with van der Waals surface area (Å²) >= 11 is 0. The number of aromatic hydroxyl groups is 1. The highest BCUT2D eigenvalue weighted by atomic mass is 16.5. The second kappa shape index (κ2) is 9.71. The standard InChI is InChI=1S/C19H28N4O2/c1-4-17-16(18(5-2)25-23-17)13-22-19(20-3)21-12-6-7-14-8-10-15(24)11-9-14/h8-11,24H,4-7,12-13H2,1-3H3,(H2,20,21,22). The fraction of sp³-hybridized carbons (Fsp3) is 0.474. The average molecular weight is 344 g/mol. The Labute approximate surface area is 149 Å². The van der Waals surface area contributed by atoms with Crippen molar-refractivity contribution in [3.8, 4) is 5.75 Å². The molecular weight excluding hydrogens is 316 g/mol. The van der Waals surface area contributed by atoms with Crippen LogP contribution in [0.1, 0.15) is 42.8 Å². The third-order valence-electron chi connectivity index (χ3n) is 4.13. The first kappa shape index (κ1) is 18.8. The SMILES string of the molecule is CCc1noc(CC)c1CNC(=NC)NCCCc1ccc(O)cc1. The number of guanidine groups is 1. The van der Waals surface area contributed by atoms with E-state index in [-0.39, 0.29) is 0 Å². The van der Waals surface area contributed by atoms with Crippen molar-refractivity contribution in [3.63, 3.8) is 0 Å². The molecule has 25 heavy (non-hydrogen) atoms. The van der Waals surface area contributed by atoms with Crippen LogP contribution in [0.25, 0.3) is 0 Å². The molecule has 1 heterocycles. The molecular formula is C19H28N4O2. The van der Waals surface area contributed by atoms with Gasteiger partial charge in [0, 0.05) is 32.1 Å². The normalized spacial score (nSPS) is 11.6. The van der Waals surface area contributed by atoms with E-state index < -0.39 is 0 Å². The molecule has 0 amide bonds. The van der Waals surface area contributed by atoms with Gasteiger partial charge in [-0.05, 0) is 37.0 Å². The zero-order chi connectivity index (χ0) is 18.1. The average Bonchev–Trinajstić information content (AvgIpc) is 3.04. The van der Waals surface area contributed by atoms with Crippen molar-refractivity contribution in [2.45, 2.75) is 46.1 Å². The molecule has 0 bridgehead atoms. The Morgan fingerprint density at radius 3 is 2.56 bits per heavy atom. The smallest absolute Gasteiger partial charge is 0.191 e. The van der Waals surface area contributed by atoms with E-state index in [1.54, 1.807) is 19.2 Å². The fourth-order valence-electron chi connectivity index (χ4n) is 2.69. The summed E-state index contributed by atoms with van der Waals surface area (Å²) in [5.74, 6) is 2.02. The maximum Gasteiger partial charge on any atom is 0.191 e. The minimum Gasteiger partial charge on any atom is -0.508 e. The molecule has 1 aromatic heterocycles. The van der Waals surface area contributed by atoms with Crippen LogP contribution in [0.15, 0.2) is 33.8 Å². The topological polar surface area (TPSA) is 82.7 Å². The third-order valence-corrected chi connectivity index (χ3v) is 4.13. The number of aromatic nitrogens is 1. The van der Waals surface area contributed by atoms with Gasteiger partial charge in [0.15, 0.2) is 5.96 Å². The number of hydrogen-bond acceptors (Lipinski definition) is 4. The first-order valence-electron chi connectivity index (χ1n) is 8.86. The molecule has 0 aliphatic rings. The Bertz CT molecular complexity index is 656. The summed E-state index contributed by atoms with van der Waals surface area (Å²) in [6, 6.07) is 7.34. The van der Waals surface area contributed by atoms with Crippen molar-refractivity contribution < 1.29 is 9.63 Å². The van der Waals surface area contributed by atoms with E-state index in [1.165, 1.54) is 5.56 Å². The number of nitrogens with one attached hydrogen (secondary N) is 2. The molecule has 0 spiro atoms. The zero-order valence-electron chi connectivity index (χ0n) is 15.3. The molecule has 2 rings (SSSR count). The highest BCUT2D eigenvalue weighted by Gasteiger charge is 2.13. The minimum atomic E-state index is 0.304. The van der Waals surface area contributed by atoms with E-state index in [0.717, 1.165) is 55.2 Å². The number of nitrogens with zero attached hydrogens (tertiary/aromatic N) is 2. The second-order valence-corrected chi connectivity index (χ2v) is 5.86. The van der Waals surface area contributed by atoms with Crippen LogP contribution in [-0.2, 0) is 25.8 Å². The lowest BCUT2D eigenvalue weighted by atomic mass is 10.1. The van der Waals surface area contributed by atoms with Crippen molar-refractivity contribution in [3.05, 3.63) is 46.8 Å². The lowest BCUT2D eigenvalue weighted by Gasteiger charge is -2.12. The predicted molar refractivity (Wildman–Crippen MR) is 99.9 cm³/mol. The number of phenols is 1. The summed E-state index contributed by atoms with van der Waals surface area (Å²) in [7, 11) is 1.77. The van der Waals surface area contributed by atoms with Gasteiger partial charge in [-0.1, -0.05) is 31.1 Å². The molecule has 0 atom stereocenters. The molecule has 2 aromatic rings. The summed E-state index contributed by atoms with van der Waals surface area (Å²) in [4.78, 5) is 4.26. The van der Waals surface area contributed by atoms with Gasteiger partial charge in [0.1, 0.15) is 11.5 Å². The number of aliphatic imine (C=N–C) groups is 1. The Kier molecular flexibility index (Phi) is 7.32. The Balaban J connectivity index is 1.77. The molecule has 0 saturated carbocycles. The largest absolute Gasteiger partial charge is 0.508 e. The van der Waals surface area contributed by atoms with E-state index in [9.17, 15) is 5.11 Å². The first-order valence-corrected chi connectivity index (χ1v) is 8.86. The van der Waals surface area contributed by atoms with Crippen molar-refractivity contribution in [1.29, 1.82) is 0 Å². The van der Waals surface area contributed by atoms with Crippen LogP contribution in [0, 0.1) is 0 Å². The van der Waals surface area contributed by atoms with Gasteiger partial charge >= 0.3 is 0 Å². The summed E-state index contributed by atoms with van der Waals surface area (Å²) in [5.41, 5.74) is 3.36. The summed E-state index contributed by atoms with van der Waals surface area (Å²) in [6.45, 7) is 5.63. The van der Waals surface area contributed by atoms with Crippen LogP contribution in [0.2, 0.25) is 0 Å². The van der Waals surface area contributed by atoms with E-state index in [4.69, 9.17) is 4.52 Å². The van der Waals surface area contributed by atoms with Gasteiger partial charge in [-0.3, -0.25) is 4.99 Å². The zero-order valence-corrected chi connectivity index (χ0v) is 15.3. The molecule has 3 N–H and O–H groups in total. The highest BCUT2D eigenvalue weighted by molar-refractivity contribution is 5.79. The van der Waals surface area contributed by atoms with Gasteiger partial charge < -0.3 is 20.3 Å². The number of benzene rings is 1. The number of aryl methyl sites for hydroxylation is 3. The van der Waals surface area contributed by atoms with E-state index in [1.807, 2.05) is 12.1 Å². The molecule has 6 heteroatoms. The van der Waals surface area contributed by atoms with Crippen LogP contribution in [-0.4, -0.2) is 29.8 Å². The maximum absolute atomic E-state index is 9.30. The summed E-state index contributed by atoms with van der Waals surface area (Å²) in [5, 5.41) is 20.1. The van der Waals surface area contributed by atoms with Gasteiger partial charge in [-0.15, -0.1) is 0 Å². The lowest BCUT2D eigenvalue weighted by Crippen LogP contribution is -2.37. The molecule has 0 saturated heterocycles. The summed E-state index contributed by atoms with van der Waals surface area (Å²) in [6.07, 6.45) is 3.64. The van der Waals surface area contributed by atoms with Gasteiger partial charge in [0.25, 0.3) is 0 Å². The van der Waals surface area contributed by atoms with Crippen molar-refractivity contribution >= 4 is 5.96 Å². The maximum atomic E-state index is 9.30. The number of hydrogen-bond donors (Lipinski definition) is 3. The van der Waals surface area contributed by atoms with Gasteiger partial charge in [0.2, 0.25) is 0 Å². The van der Waals surface area contributed by atoms with Crippen molar-refractivity contribution in [2.24, 2.45) is 4.99 Å². The molecule has 0 aliphatic carbocycles. The molecule has 6 nitrogen and oxygen atoms in total. The van der Waals surface area contributed by atoms with Crippen molar-refractivity contribution in [1.82, 2.24) is 15.8 Å². The highest BCUT2D eigenvalue weighted by Crippen LogP contribution is 2.15. The summed E-state index contributed by atoms with van der Waals surface area (Å²) < 4.78 is 5.39. The molecule has 0 aliphatic heterocycles. The molecule has 136 valence electrons. The van der Waals surface area contributed by atoms with Crippen molar-refractivity contribution in [2.75, 3.05) is 13.6 Å². The molecule has 0 radical (unpaired) electrons. The lowest BCUT2D eigenvalue weighted by molar-refractivity contribution is 0.380. The van der Waals surface area contributed by atoms with E-state index >= 15 is 0 Å². The number of phenolic OH excluding ortho intramolecular Hbond substituents is 1. The van der Waals surface area contributed by atoms with Gasteiger partial charge in [-0.2, -0.15) is 0 Å². The molecule has 0 fully saturated rings. The van der Waals surface area contributed by atoms with Crippen LogP contribution < -0.4 is 10.6 Å². The molecule has 1 aromatic carbocycles. The molecule has 0 unspecified atom stereocenters. The van der Waals surface area contributed by atoms with Crippen LogP contribution in [0.5, 0.6) is 5.75 Å². The van der Waals surface area contributed by atoms with Crippen LogP contribution in [0.4, 0.5) is 0 Å². The minimum absolute atomic E-state index is 0.304. The Hall–Kier alpha value is -2.50. The fourth-order valence-corrected chi connectivity index (χ4v) is 2.69. The van der Waals surface area contributed by atoms with Gasteiger partial charge in [0.05, 0.1) is 5.69 Å². The van der Waals surface area contributed by atoms with Crippen LogP contribution in [0.3, 0.4) is 0 Å². The third kappa shape index (κ3) is 5.52. The number of rotatable bonds is 8. The monoisotopic (exact) mass is 344 g/mol. The quantitative estimate of drug-likeness (QED) is 0.390. The van der Waals surface area contributed by atoms with E-state index in [0.29, 0.717) is 12.3 Å². The Morgan fingerprint density at radius 1 is 1.16 bits per heavy atom. The van der Waals surface area contributed by atoms with Gasteiger partial charge in [-0.25, -0.2) is 0 Å².